The summed E-state index contributed by atoms with van der Waals surface area (Å²) in [7, 11) is 1.83. The van der Waals surface area contributed by atoms with E-state index in [4.69, 9.17) is 0 Å². The standard InChI is InChI=1S/C7H9N5/c1-8-7-9-2-3-12(7)6-4-10-11-5-6/h2-5H,1H3,(H,8,9)(H,10,11). The van der Waals surface area contributed by atoms with Crippen molar-refractivity contribution < 1.29 is 0 Å². The molecule has 0 bridgehead atoms. The number of H-pyrrole nitrogens is 1. The van der Waals surface area contributed by atoms with Crippen molar-refractivity contribution in [1.29, 1.82) is 0 Å². The minimum absolute atomic E-state index is 0.802. The molecule has 2 aromatic rings. The maximum absolute atomic E-state index is 4.10. The molecule has 12 heavy (non-hydrogen) atoms. The number of nitrogens with one attached hydrogen (secondary N) is 2. The lowest BCUT2D eigenvalue weighted by atomic mass is 10.5. The first-order valence-electron chi connectivity index (χ1n) is 3.62. The second kappa shape index (κ2) is 2.69. The molecule has 0 aliphatic carbocycles. The first-order valence-corrected chi connectivity index (χ1v) is 3.62. The highest BCUT2D eigenvalue weighted by atomic mass is 15.2. The summed E-state index contributed by atoms with van der Waals surface area (Å²) in [5.74, 6) is 0.802. The van der Waals surface area contributed by atoms with Gasteiger partial charge in [0.05, 0.1) is 11.9 Å². The number of hydrogen-bond acceptors (Lipinski definition) is 3. The van der Waals surface area contributed by atoms with Gasteiger partial charge in [0.2, 0.25) is 5.95 Å². The van der Waals surface area contributed by atoms with Crippen LogP contribution in [0.3, 0.4) is 0 Å². The van der Waals surface area contributed by atoms with E-state index in [1.54, 1.807) is 12.4 Å². The largest absolute Gasteiger partial charge is 0.358 e. The first kappa shape index (κ1) is 6.90. The van der Waals surface area contributed by atoms with E-state index < -0.39 is 0 Å². The number of rotatable bonds is 2. The van der Waals surface area contributed by atoms with Crippen LogP contribution < -0.4 is 5.32 Å². The monoisotopic (exact) mass is 163 g/mol. The highest BCUT2D eigenvalue weighted by Crippen LogP contribution is 2.10. The van der Waals surface area contributed by atoms with Crippen LogP contribution in [-0.4, -0.2) is 26.8 Å². The molecule has 2 heterocycles. The van der Waals surface area contributed by atoms with Crippen molar-refractivity contribution in [3.8, 4) is 5.69 Å². The Morgan fingerprint density at radius 3 is 3.17 bits per heavy atom. The van der Waals surface area contributed by atoms with E-state index in [1.807, 2.05) is 24.0 Å². The lowest BCUT2D eigenvalue weighted by Gasteiger charge is -2.01. The van der Waals surface area contributed by atoms with Gasteiger partial charge in [0, 0.05) is 25.6 Å². The topological polar surface area (TPSA) is 58.5 Å². The van der Waals surface area contributed by atoms with Crippen LogP contribution in [0, 0.1) is 0 Å². The van der Waals surface area contributed by atoms with Gasteiger partial charge in [-0.2, -0.15) is 5.10 Å². The molecule has 0 radical (unpaired) electrons. The number of nitrogens with zero attached hydrogens (tertiary/aromatic N) is 3. The summed E-state index contributed by atoms with van der Waals surface area (Å²) < 4.78 is 1.91. The van der Waals surface area contributed by atoms with Gasteiger partial charge < -0.3 is 5.32 Å². The fraction of sp³-hybridized carbons (Fsp3) is 0.143. The Morgan fingerprint density at radius 1 is 1.58 bits per heavy atom. The van der Waals surface area contributed by atoms with E-state index in [0.29, 0.717) is 0 Å². The van der Waals surface area contributed by atoms with E-state index in [2.05, 4.69) is 20.5 Å². The van der Waals surface area contributed by atoms with Crippen LogP contribution in [0.25, 0.3) is 5.69 Å². The molecule has 62 valence electrons. The zero-order valence-electron chi connectivity index (χ0n) is 6.65. The van der Waals surface area contributed by atoms with E-state index in [-0.39, 0.29) is 0 Å². The predicted molar refractivity (Wildman–Crippen MR) is 45.3 cm³/mol. The average molecular weight is 163 g/mol. The molecule has 0 spiro atoms. The molecule has 2 rings (SSSR count). The molecule has 0 amide bonds. The van der Waals surface area contributed by atoms with Crippen molar-refractivity contribution in [1.82, 2.24) is 19.7 Å². The molecule has 0 unspecified atom stereocenters. The fourth-order valence-corrected chi connectivity index (χ4v) is 1.07. The summed E-state index contributed by atoms with van der Waals surface area (Å²) in [6.07, 6.45) is 7.15. The summed E-state index contributed by atoms with van der Waals surface area (Å²) in [4.78, 5) is 4.10. The van der Waals surface area contributed by atoms with Gasteiger partial charge in [0.15, 0.2) is 0 Å². The van der Waals surface area contributed by atoms with Gasteiger partial charge in [-0.1, -0.05) is 0 Å². The molecule has 0 aliphatic heterocycles. The van der Waals surface area contributed by atoms with E-state index in [0.717, 1.165) is 11.6 Å². The van der Waals surface area contributed by atoms with Crippen molar-refractivity contribution in [3.05, 3.63) is 24.8 Å². The minimum Gasteiger partial charge on any atom is -0.358 e. The summed E-state index contributed by atoms with van der Waals surface area (Å²) in [6, 6.07) is 0. The molecule has 0 atom stereocenters. The SMILES string of the molecule is CNc1nccn1-c1cn[nH]c1. The maximum Gasteiger partial charge on any atom is 0.207 e. The van der Waals surface area contributed by atoms with Crippen molar-refractivity contribution in [3.63, 3.8) is 0 Å². The third kappa shape index (κ3) is 0.952. The summed E-state index contributed by atoms with van der Waals surface area (Å²) >= 11 is 0. The molecule has 0 fully saturated rings. The minimum atomic E-state index is 0.802. The molecule has 0 aromatic carbocycles. The average Bonchev–Trinajstić information content (AvgIpc) is 2.74. The highest BCUT2D eigenvalue weighted by molar-refractivity contribution is 5.38. The van der Waals surface area contributed by atoms with Crippen LogP contribution in [0.1, 0.15) is 0 Å². The number of imidazole rings is 1. The zero-order chi connectivity index (χ0) is 8.39. The Labute approximate surface area is 69.4 Å². The van der Waals surface area contributed by atoms with Crippen LogP contribution in [0.2, 0.25) is 0 Å². The number of anilines is 1. The van der Waals surface area contributed by atoms with Crippen LogP contribution >= 0.6 is 0 Å². The molecule has 2 aromatic heterocycles. The van der Waals surface area contributed by atoms with Gasteiger partial charge in [-0.25, -0.2) is 4.98 Å². The Kier molecular flexibility index (Phi) is 1.55. The third-order valence-electron chi connectivity index (χ3n) is 1.63. The summed E-state index contributed by atoms with van der Waals surface area (Å²) in [5, 5.41) is 9.57. The first-order chi connectivity index (χ1) is 5.92. The normalized spacial score (nSPS) is 10.1. The molecule has 0 aliphatic rings. The van der Waals surface area contributed by atoms with E-state index in [9.17, 15) is 0 Å². The molecular formula is C7H9N5. The van der Waals surface area contributed by atoms with Gasteiger partial charge >= 0.3 is 0 Å². The molecule has 5 heteroatoms. The Bertz CT molecular complexity index is 348. The summed E-state index contributed by atoms with van der Waals surface area (Å²) in [6.45, 7) is 0. The second-order valence-electron chi connectivity index (χ2n) is 2.33. The number of hydrogen-bond donors (Lipinski definition) is 2. The van der Waals surface area contributed by atoms with Gasteiger partial charge in [-0.3, -0.25) is 9.67 Å². The van der Waals surface area contributed by atoms with Gasteiger partial charge in [0.1, 0.15) is 0 Å². The quantitative estimate of drug-likeness (QED) is 0.683. The van der Waals surface area contributed by atoms with Crippen molar-refractivity contribution >= 4 is 5.95 Å². The van der Waals surface area contributed by atoms with Crippen molar-refractivity contribution in [2.24, 2.45) is 0 Å². The Balaban J connectivity index is 2.46. The van der Waals surface area contributed by atoms with Crippen LogP contribution in [-0.2, 0) is 0 Å². The lowest BCUT2D eigenvalue weighted by Crippen LogP contribution is -1.99. The van der Waals surface area contributed by atoms with Crippen molar-refractivity contribution in [2.45, 2.75) is 0 Å². The lowest BCUT2D eigenvalue weighted by molar-refractivity contribution is 1.06. The molecule has 0 saturated heterocycles. The van der Waals surface area contributed by atoms with E-state index in [1.165, 1.54) is 0 Å². The van der Waals surface area contributed by atoms with Gasteiger partial charge in [0.25, 0.3) is 0 Å². The van der Waals surface area contributed by atoms with Gasteiger partial charge in [-0.15, -0.1) is 0 Å². The van der Waals surface area contributed by atoms with Crippen LogP contribution in [0.5, 0.6) is 0 Å². The van der Waals surface area contributed by atoms with Crippen molar-refractivity contribution in [2.75, 3.05) is 12.4 Å². The fourth-order valence-electron chi connectivity index (χ4n) is 1.07. The van der Waals surface area contributed by atoms with E-state index >= 15 is 0 Å². The Hall–Kier alpha value is -1.78. The molecule has 0 saturated carbocycles. The Morgan fingerprint density at radius 2 is 2.50 bits per heavy atom. The predicted octanol–water partition coefficient (Wildman–Crippen LogP) is 0.637. The second-order valence-corrected chi connectivity index (χ2v) is 2.33. The number of aromatic amines is 1. The highest BCUT2D eigenvalue weighted by Gasteiger charge is 2.01. The summed E-state index contributed by atoms with van der Waals surface area (Å²) in [5.41, 5.74) is 0.969. The maximum atomic E-state index is 4.10. The molecular weight excluding hydrogens is 154 g/mol. The third-order valence-corrected chi connectivity index (χ3v) is 1.63. The number of aromatic nitrogens is 4. The molecule has 5 nitrogen and oxygen atoms in total. The van der Waals surface area contributed by atoms with Crippen LogP contribution in [0.4, 0.5) is 5.95 Å². The molecule has 2 N–H and O–H groups in total. The van der Waals surface area contributed by atoms with Crippen LogP contribution in [0.15, 0.2) is 24.8 Å². The smallest absolute Gasteiger partial charge is 0.207 e. The zero-order valence-corrected chi connectivity index (χ0v) is 6.65. The van der Waals surface area contributed by atoms with Gasteiger partial charge in [-0.05, 0) is 0 Å².